The maximum Gasteiger partial charge on any atom is 0.150 e. The van der Waals surface area contributed by atoms with Crippen LogP contribution in [0.1, 0.15) is 70.3 Å². The molecule has 0 unspecified atom stereocenters. The molecule has 0 aromatic heterocycles. The van der Waals surface area contributed by atoms with E-state index >= 15 is 0 Å². The zero-order valence-corrected chi connectivity index (χ0v) is 15.3. The number of rotatable bonds is 9. The lowest BCUT2D eigenvalue weighted by atomic mass is 9.98. The van der Waals surface area contributed by atoms with Crippen LogP contribution in [-0.2, 0) is 9.84 Å². The number of hydrogen-bond donors (Lipinski definition) is 0. The fraction of sp³-hybridized carbons (Fsp3) is 0.684. The monoisotopic (exact) mass is 338 g/mol. The van der Waals surface area contributed by atoms with Gasteiger partial charge >= 0.3 is 0 Å². The Hall–Kier alpha value is -1.03. The molecule has 1 aliphatic carbocycles. The number of hydrogen-bond acceptors (Lipinski definition) is 3. The molecule has 3 nitrogen and oxygen atoms in total. The topological polar surface area (TPSA) is 43.4 Å². The van der Waals surface area contributed by atoms with E-state index in [2.05, 4.69) is 6.92 Å². The number of benzene rings is 1. The summed E-state index contributed by atoms with van der Waals surface area (Å²) >= 11 is 0. The first-order valence-corrected chi connectivity index (χ1v) is 10.8. The van der Waals surface area contributed by atoms with Gasteiger partial charge < -0.3 is 4.74 Å². The van der Waals surface area contributed by atoms with Gasteiger partial charge in [-0.3, -0.25) is 0 Å². The molecule has 1 saturated carbocycles. The molecule has 0 spiro atoms. The highest BCUT2D eigenvalue weighted by atomic mass is 32.2. The van der Waals surface area contributed by atoms with Gasteiger partial charge in [-0.2, -0.15) is 0 Å². The van der Waals surface area contributed by atoms with Crippen LogP contribution in [-0.4, -0.2) is 26.0 Å². The third-order valence-corrected chi connectivity index (χ3v) is 6.51. The van der Waals surface area contributed by atoms with Crippen LogP contribution in [0.5, 0.6) is 5.75 Å². The minimum Gasteiger partial charge on any atom is -0.490 e. The van der Waals surface area contributed by atoms with Crippen LogP contribution in [0.15, 0.2) is 24.3 Å². The molecule has 1 fully saturated rings. The highest BCUT2D eigenvalue weighted by Gasteiger charge is 2.21. The summed E-state index contributed by atoms with van der Waals surface area (Å²) in [6.45, 7) is 4.08. The minimum absolute atomic E-state index is 0.0592. The van der Waals surface area contributed by atoms with Crippen LogP contribution in [0.2, 0.25) is 0 Å². The minimum atomic E-state index is -2.98. The lowest BCUT2D eigenvalue weighted by Crippen LogP contribution is -2.18. The highest BCUT2D eigenvalue weighted by molar-refractivity contribution is 7.91. The van der Waals surface area contributed by atoms with Gasteiger partial charge in [-0.15, -0.1) is 0 Å². The summed E-state index contributed by atoms with van der Waals surface area (Å²) in [5.41, 5.74) is 1.09. The van der Waals surface area contributed by atoms with E-state index in [-0.39, 0.29) is 11.7 Å². The van der Waals surface area contributed by atoms with E-state index < -0.39 is 9.84 Å². The average Bonchev–Trinajstić information content (AvgIpc) is 3.04. The van der Waals surface area contributed by atoms with Crippen molar-refractivity contribution in [1.29, 1.82) is 0 Å². The van der Waals surface area contributed by atoms with Gasteiger partial charge in [0.2, 0.25) is 0 Å². The largest absolute Gasteiger partial charge is 0.490 e. The van der Waals surface area contributed by atoms with Crippen LogP contribution in [0.25, 0.3) is 0 Å². The van der Waals surface area contributed by atoms with E-state index in [9.17, 15) is 8.42 Å². The molecule has 1 aromatic rings. The average molecular weight is 339 g/mol. The van der Waals surface area contributed by atoms with Crippen molar-refractivity contribution < 1.29 is 13.2 Å². The lowest BCUT2D eigenvalue weighted by Gasteiger charge is -2.18. The van der Waals surface area contributed by atoms with E-state index in [1.807, 2.05) is 31.2 Å². The van der Waals surface area contributed by atoms with Crippen molar-refractivity contribution in [3.05, 3.63) is 29.8 Å². The molecule has 0 saturated heterocycles. The Morgan fingerprint density at radius 1 is 1.22 bits per heavy atom. The van der Waals surface area contributed by atoms with E-state index in [4.69, 9.17) is 4.74 Å². The zero-order chi connectivity index (χ0) is 16.7. The fourth-order valence-electron chi connectivity index (χ4n) is 3.24. The molecule has 0 amide bonds. The molecule has 23 heavy (non-hydrogen) atoms. The predicted octanol–water partition coefficient (Wildman–Crippen LogP) is 4.72. The molecule has 2 rings (SSSR count). The van der Waals surface area contributed by atoms with Crippen molar-refractivity contribution in [1.82, 2.24) is 0 Å². The Balaban J connectivity index is 2.05. The van der Waals surface area contributed by atoms with Crippen LogP contribution >= 0.6 is 0 Å². The van der Waals surface area contributed by atoms with Gasteiger partial charge in [0, 0.05) is 0 Å². The van der Waals surface area contributed by atoms with Gasteiger partial charge in [0.15, 0.2) is 9.84 Å². The van der Waals surface area contributed by atoms with E-state index in [1.165, 1.54) is 12.8 Å². The van der Waals surface area contributed by atoms with E-state index in [0.717, 1.165) is 43.4 Å². The predicted molar refractivity (Wildman–Crippen MR) is 95.9 cm³/mol. The van der Waals surface area contributed by atoms with Crippen LogP contribution in [0.3, 0.4) is 0 Å². The quantitative estimate of drug-likeness (QED) is 0.654. The summed E-state index contributed by atoms with van der Waals surface area (Å²) in [4.78, 5) is 0. The zero-order valence-electron chi connectivity index (χ0n) is 14.5. The molecule has 1 atom stereocenters. The molecule has 0 N–H and O–H groups in total. The van der Waals surface area contributed by atoms with Gasteiger partial charge in [0.05, 0.1) is 17.6 Å². The Bertz CT molecular complexity index is 574. The third kappa shape index (κ3) is 5.83. The van der Waals surface area contributed by atoms with E-state index in [1.54, 1.807) is 0 Å². The lowest BCUT2D eigenvalue weighted by molar-refractivity contribution is 0.210. The third-order valence-electron chi connectivity index (χ3n) is 4.69. The van der Waals surface area contributed by atoms with Crippen molar-refractivity contribution in [2.24, 2.45) is 0 Å². The van der Waals surface area contributed by atoms with Crippen molar-refractivity contribution in [3.8, 4) is 5.75 Å². The molecule has 130 valence electrons. The number of ether oxygens (including phenoxy) is 1. The van der Waals surface area contributed by atoms with Crippen molar-refractivity contribution in [3.63, 3.8) is 0 Å². The standard InChI is InChI=1S/C19H30O3S/c1-3-5-13-23(20,21)15-16(4-2)17-9-8-12-19(14-17)22-18-10-6-7-11-18/h8-9,12,14,16,18H,3-7,10-11,13,15H2,1-2H3/t16-/m0/s1. The number of sulfone groups is 1. The Kier molecular flexibility index (Phi) is 6.94. The molecule has 0 radical (unpaired) electrons. The molecule has 0 heterocycles. The first-order valence-electron chi connectivity index (χ1n) is 9.01. The van der Waals surface area contributed by atoms with Crippen molar-refractivity contribution >= 4 is 9.84 Å². The molecule has 4 heteroatoms. The summed E-state index contributed by atoms with van der Waals surface area (Å²) in [6, 6.07) is 8.05. The Morgan fingerprint density at radius 2 is 1.96 bits per heavy atom. The Morgan fingerprint density at radius 3 is 2.61 bits per heavy atom. The van der Waals surface area contributed by atoms with Gasteiger partial charge in [0.1, 0.15) is 5.75 Å². The first kappa shape index (κ1) is 18.3. The van der Waals surface area contributed by atoms with Gasteiger partial charge in [-0.1, -0.05) is 32.4 Å². The van der Waals surface area contributed by atoms with E-state index in [0.29, 0.717) is 11.9 Å². The number of unbranched alkanes of at least 4 members (excludes halogenated alkanes) is 1. The highest BCUT2D eigenvalue weighted by Crippen LogP contribution is 2.28. The molecular weight excluding hydrogens is 308 g/mol. The van der Waals surface area contributed by atoms with Crippen LogP contribution in [0, 0.1) is 0 Å². The molecular formula is C19H30O3S. The maximum absolute atomic E-state index is 12.3. The smallest absolute Gasteiger partial charge is 0.150 e. The normalized spacial score (nSPS) is 17.3. The van der Waals surface area contributed by atoms with Crippen LogP contribution < -0.4 is 4.74 Å². The molecule has 0 bridgehead atoms. The van der Waals surface area contributed by atoms with Gasteiger partial charge in [0.25, 0.3) is 0 Å². The first-order chi connectivity index (χ1) is 11.0. The summed E-state index contributed by atoms with van der Waals surface area (Å²) in [6.07, 6.45) is 7.59. The van der Waals surface area contributed by atoms with Crippen molar-refractivity contribution in [2.45, 2.75) is 70.8 Å². The SMILES string of the molecule is CCCCS(=O)(=O)C[C@H](CC)c1cccc(OC2CCCC2)c1. The molecule has 0 aliphatic heterocycles. The maximum atomic E-state index is 12.3. The summed E-state index contributed by atoms with van der Waals surface area (Å²) in [7, 11) is -2.98. The molecule has 1 aliphatic rings. The van der Waals surface area contributed by atoms with Crippen LogP contribution in [0.4, 0.5) is 0 Å². The second-order valence-electron chi connectivity index (χ2n) is 6.67. The summed E-state index contributed by atoms with van der Waals surface area (Å²) in [5, 5.41) is 0. The summed E-state index contributed by atoms with van der Waals surface area (Å²) in [5.74, 6) is 1.50. The second kappa shape index (κ2) is 8.72. The van der Waals surface area contributed by atoms with Crippen molar-refractivity contribution in [2.75, 3.05) is 11.5 Å². The molecule has 1 aromatic carbocycles. The summed E-state index contributed by atoms with van der Waals surface area (Å²) < 4.78 is 30.6. The second-order valence-corrected chi connectivity index (χ2v) is 8.90. The Labute approximate surface area is 141 Å². The van der Waals surface area contributed by atoms with Gasteiger partial charge in [-0.25, -0.2) is 8.42 Å². The fourth-order valence-corrected chi connectivity index (χ4v) is 5.18. The van der Waals surface area contributed by atoms with Gasteiger partial charge in [-0.05, 0) is 62.1 Å².